The second-order valence-electron chi connectivity index (χ2n) is 12.0. The van der Waals surface area contributed by atoms with Gasteiger partial charge in [-0.25, -0.2) is 9.59 Å². The van der Waals surface area contributed by atoms with E-state index < -0.39 is 23.8 Å². The molecule has 0 saturated carbocycles. The van der Waals surface area contributed by atoms with Crippen LogP contribution in [0.3, 0.4) is 0 Å². The molecule has 12 nitrogen and oxygen atoms in total. The Morgan fingerprint density at radius 3 is 2.55 bits per heavy atom. The number of likely N-dealkylation sites (N-methyl/N-ethyl adjacent to an activating group) is 1. The quantitative estimate of drug-likeness (QED) is 0.503. The van der Waals surface area contributed by atoms with Crippen molar-refractivity contribution in [3.8, 4) is 12.1 Å². The summed E-state index contributed by atoms with van der Waals surface area (Å²) in [7, 11) is 2.08. The molecule has 3 aliphatic heterocycles. The van der Waals surface area contributed by atoms with Gasteiger partial charge in [-0.15, -0.1) is 0 Å². The lowest BCUT2D eigenvalue weighted by Gasteiger charge is -2.38. The average Bonchev–Trinajstić information content (AvgIpc) is 3.59. The molecular formula is C30H39N7O5. The fourth-order valence-electron chi connectivity index (χ4n) is 5.46. The molecule has 0 radical (unpaired) electrons. The van der Waals surface area contributed by atoms with Crippen LogP contribution in [0, 0.1) is 11.3 Å². The Kier molecular flexibility index (Phi) is 8.68. The number of hydrogen-bond donors (Lipinski definition) is 0. The van der Waals surface area contributed by atoms with E-state index in [9.17, 15) is 14.9 Å². The number of rotatable bonds is 6. The van der Waals surface area contributed by atoms with Gasteiger partial charge in [-0.05, 0) is 52.8 Å². The summed E-state index contributed by atoms with van der Waals surface area (Å²) < 4.78 is 17.2. The third-order valence-corrected chi connectivity index (χ3v) is 7.74. The molecule has 0 bridgehead atoms. The van der Waals surface area contributed by atoms with Gasteiger partial charge in [0.1, 0.15) is 30.7 Å². The number of hydrogen-bond acceptors (Lipinski definition) is 10. The van der Waals surface area contributed by atoms with E-state index in [1.807, 2.05) is 56.0 Å². The van der Waals surface area contributed by atoms with Crippen LogP contribution in [0.15, 0.2) is 30.3 Å². The van der Waals surface area contributed by atoms with Gasteiger partial charge in [-0.2, -0.15) is 15.2 Å². The van der Waals surface area contributed by atoms with E-state index in [-0.39, 0.29) is 44.8 Å². The van der Waals surface area contributed by atoms with Crippen LogP contribution >= 0.6 is 0 Å². The number of piperazine rings is 1. The van der Waals surface area contributed by atoms with E-state index in [4.69, 9.17) is 19.2 Å². The van der Waals surface area contributed by atoms with Crippen molar-refractivity contribution < 1.29 is 23.8 Å². The summed E-state index contributed by atoms with van der Waals surface area (Å²) in [5.41, 5.74) is 1.73. The molecule has 12 heteroatoms. The van der Waals surface area contributed by atoms with Gasteiger partial charge in [0.25, 0.3) is 0 Å². The molecule has 2 aromatic rings. The molecule has 2 unspecified atom stereocenters. The van der Waals surface area contributed by atoms with Gasteiger partial charge in [0.05, 0.1) is 31.4 Å². The Hall–Kier alpha value is -4.11. The van der Waals surface area contributed by atoms with Crippen LogP contribution in [0.25, 0.3) is 0 Å². The van der Waals surface area contributed by atoms with Crippen LogP contribution < -0.4 is 9.64 Å². The number of likely N-dealkylation sites (tertiary alicyclic amines) is 1. The van der Waals surface area contributed by atoms with Crippen molar-refractivity contribution in [2.45, 2.75) is 71.0 Å². The van der Waals surface area contributed by atoms with Crippen molar-refractivity contribution in [3.05, 3.63) is 47.2 Å². The third kappa shape index (κ3) is 6.85. The second kappa shape index (κ2) is 12.4. The molecule has 2 saturated heterocycles. The number of nitrogens with zero attached hydrogens (tertiary/aromatic N) is 7. The number of ether oxygens (including phenoxy) is 3. The molecule has 1 aromatic carbocycles. The Bertz CT molecular complexity index is 1330. The van der Waals surface area contributed by atoms with Gasteiger partial charge in [0.15, 0.2) is 0 Å². The maximum absolute atomic E-state index is 12.9. The van der Waals surface area contributed by atoms with Crippen molar-refractivity contribution in [1.29, 1.82) is 5.26 Å². The molecule has 2 atom stereocenters. The van der Waals surface area contributed by atoms with Crippen molar-refractivity contribution in [2.75, 3.05) is 44.7 Å². The van der Waals surface area contributed by atoms with Crippen molar-refractivity contribution in [1.82, 2.24) is 24.7 Å². The largest absolute Gasteiger partial charge is 0.462 e. The van der Waals surface area contributed by atoms with E-state index in [0.29, 0.717) is 24.7 Å². The molecular weight excluding hydrogens is 538 g/mol. The highest BCUT2D eigenvalue weighted by Crippen LogP contribution is 2.33. The van der Waals surface area contributed by atoms with Crippen molar-refractivity contribution in [2.24, 2.45) is 0 Å². The van der Waals surface area contributed by atoms with E-state index in [0.717, 1.165) is 30.5 Å². The molecule has 0 aliphatic carbocycles. The fraction of sp³-hybridized carbons (Fsp3) is 0.567. The van der Waals surface area contributed by atoms with Crippen LogP contribution in [0.1, 0.15) is 50.4 Å². The number of nitriles is 1. The highest BCUT2D eigenvalue weighted by atomic mass is 16.6. The summed E-state index contributed by atoms with van der Waals surface area (Å²) in [5, 5.41) is 10.0. The van der Waals surface area contributed by atoms with Crippen LogP contribution in [-0.2, 0) is 29.2 Å². The number of amides is 2. The molecule has 0 spiro atoms. The summed E-state index contributed by atoms with van der Waals surface area (Å²) >= 11 is 0. The summed E-state index contributed by atoms with van der Waals surface area (Å²) in [4.78, 5) is 42.6. The third-order valence-electron chi connectivity index (χ3n) is 7.74. The maximum Gasteiger partial charge on any atom is 0.411 e. The molecule has 2 fully saturated rings. The topological polar surface area (TPSA) is 124 Å². The average molecular weight is 578 g/mol. The molecule has 5 rings (SSSR count). The maximum atomic E-state index is 12.9. The van der Waals surface area contributed by atoms with Crippen LogP contribution in [0.4, 0.5) is 15.4 Å². The van der Waals surface area contributed by atoms with Crippen molar-refractivity contribution in [3.63, 3.8) is 0 Å². The Balaban J connectivity index is 1.33. The Morgan fingerprint density at radius 1 is 1.07 bits per heavy atom. The highest BCUT2D eigenvalue weighted by molar-refractivity contribution is 5.71. The summed E-state index contributed by atoms with van der Waals surface area (Å²) in [6.45, 7) is 8.62. The smallest absolute Gasteiger partial charge is 0.411 e. The first-order valence-corrected chi connectivity index (χ1v) is 14.4. The summed E-state index contributed by atoms with van der Waals surface area (Å²) in [5.74, 6) is 0.610. The number of fused-ring (bicyclic) bond motifs is 1. The lowest BCUT2D eigenvalue weighted by atomic mass is 10.1. The number of benzene rings is 1. The van der Waals surface area contributed by atoms with Crippen LogP contribution in [-0.4, -0.2) is 94.4 Å². The van der Waals surface area contributed by atoms with Gasteiger partial charge in [-0.1, -0.05) is 30.3 Å². The lowest BCUT2D eigenvalue weighted by Crippen LogP contribution is -2.55. The summed E-state index contributed by atoms with van der Waals surface area (Å²) in [6.07, 6.45) is 1.22. The SMILES string of the molecule is CN1CCCC1COc1nc2c(c(N3CCN(C(=O)OCc4ccccc4)C(C#N)C3)n1)CN(C(=O)OC(C)(C)C)C2. The Labute approximate surface area is 246 Å². The minimum atomic E-state index is -0.743. The first-order chi connectivity index (χ1) is 20.1. The number of carbonyl (C=O) groups is 2. The van der Waals surface area contributed by atoms with Crippen molar-refractivity contribution >= 4 is 18.0 Å². The van der Waals surface area contributed by atoms with E-state index in [1.54, 1.807) is 4.90 Å². The molecule has 4 heterocycles. The zero-order valence-electron chi connectivity index (χ0n) is 24.8. The molecule has 2 amide bonds. The first kappa shape index (κ1) is 29.4. The van der Waals surface area contributed by atoms with E-state index in [2.05, 4.69) is 23.0 Å². The predicted octanol–water partition coefficient (Wildman–Crippen LogP) is 3.55. The molecule has 3 aliphatic rings. The molecule has 0 N–H and O–H groups in total. The Morgan fingerprint density at radius 2 is 1.86 bits per heavy atom. The number of carbonyl (C=O) groups excluding carboxylic acids is 2. The standard InChI is InChI=1S/C30H39N7O5/c1-30(2,3)42-28(38)36-17-24-25(18-36)32-27(40-20-22-11-8-12-34(22)4)33-26(24)35-13-14-37(23(15-31)16-35)29(39)41-19-21-9-6-5-7-10-21/h5-7,9-10,22-23H,8,11-14,16-20H2,1-4H3. The summed E-state index contributed by atoms with van der Waals surface area (Å²) in [6, 6.07) is 11.5. The van der Waals surface area contributed by atoms with E-state index >= 15 is 0 Å². The minimum absolute atomic E-state index is 0.134. The van der Waals surface area contributed by atoms with Gasteiger partial charge in [-0.3, -0.25) is 9.80 Å². The number of anilines is 1. The monoisotopic (exact) mass is 577 g/mol. The molecule has 42 heavy (non-hydrogen) atoms. The highest BCUT2D eigenvalue weighted by Gasteiger charge is 2.37. The van der Waals surface area contributed by atoms with E-state index in [1.165, 1.54) is 4.90 Å². The molecule has 1 aromatic heterocycles. The number of aromatic nitrogens is 2. The van der Waals surface area contributed by atoms with Gasteiger partial charge < -0.3 is 24.0 Å². The normalized spacial score (nSPS) is 20.7. The second-order valence-corrected chi connectivity index (χ2v) is 12.0. The van der Waals surface area contributed by atoms with Gasteiger partial charge >= 0.3 is 18.2 Å². The van der Waals surface area contributed by atoms with Gasteiger partial charge in [0, 0.05) is 24.7 Å². The minimum Gasteiger partial charge on any atom is -0.462 e. The fourth-order valence-corrected chi connectivity index (χ4v) is 5.46. The van der Waals surface area contributed by atoms with Crippen LogP contribution in [0.5, 0.6) is 6.01 Å². The zero-order chi connectivity index (χ0) is 29.9. The lowest BCUT2D eigenvalue weighted by molar-refractivity contribution is 0.0240. The zero-order valence-corrected chi connectivity index (χ0v) is 24.8. The predicted molar refractivity (Wildman–Crippen MR) is 154 cm³/mol. The molecule has 224 valence electrons. The first-order valence-electron chi connectivity index (χ1n) is 14.4. The van der Waals surface area contributed by atoms with Gasteiger partial charge in [0.2, 0.25) is 0 Å². The van der Waals surface area contributed by atoms with Crippen LogP contribution in [0.2, 0.25) is 0 Å².